The minimum Gasteiger partial charge on any atom is -0.361 e. The van der Waals surface area contributed by atoms with Crippen LogP contribution in [0, 0.1) is 13.8 Å². The Morgan fingerprint density at radius 2 is 1.85 bits per heavy atom. The minimum absolute atomic E-state index is 0.0946. The predicted molar refractivity (Wildman–Crippen MR) is 131 cm³/mol. The fourth-order valence-corrected chi connectivity index (χ4v) is 4.81. The molecule has 4 rings (SSSR count). The van der Waals surface area contributed by atoms with E-state index in [1.54, 1.807) is 6.92 Å². The monoisotopic (exact) mass is 446 g/mol. The average molecular weight is 447 g/mol. The van der Waals surface area contributed by atoms with Crippen molar-refractivity contribution in [1.29, 1.82) is 0 Å². The molecule has 0 radical (unpaired) electrons. The number of nitrogens with zero attached hydrogens (tertiary/aromatic N) is 4. The Kier molecular flexibility index (Phi) is 7.55. The van der Waals surface area contributed by atoms with Gasteiger partial charge in [0.15, 0.2) is 0 Å². The van der Waals surface area contributed by atoms with Crippen molar-refractivity contribution in [3.63, 3.8) is 0 Å². The number of pyridine rings is 1. The first-order valence-corrected chi connectivity index (χ1v) is 12.0. The number of rotatable bonds is 3. The molecule has 0 saturated carbocycles. The van der Waals surface area contributed by atoms with Crippen LogP contribution in [0.25, 0.3) is 11.1 Å². The largest absolute Gasteiger partial charge is 0.361 e. The van der Waals surface area contributed by atoms with Gasteiger partial charge in [-0.3, -0.25) is 14.7 Å². The van der Waals surface area contributed by atoms with E-state index in [1.807, 2.05) is 37.2 Å². The van der Waals surface area contributed by atoms with Crippen molar-refractivity contribution in [2.45, 2.75) is 66.0 Å². The summed E-state index contributed by atoms with van der Waals surface area (Å²) in [5.74, 6) is 0.911. The number of hydrogen-bond donors (Lipinski definition) is 0. The lowest BCUT2D eigenvalue weighted by molar-refractivity contribution is -0.116. The van der Waals surface area contributed by atoms with Crippen LogP contribution in [0.4, 0.5) is 5.69 Å². The highest BCUT2D eigenvalue weighted by molar-refractivity contribution is 5.93. The third-order valence-electron chi connectivity index (χ3n) is 6.45. The molecule has 1 aliphatic rings. The maximum atomic E-state index is 12.7. The summed E-state index contributed by atoms with van der Waals surface area (Å²) in [6.07, 6.45) is 9.55. The Morgan fingerprint density at radius 3 is 2.55 bits per heavy atom. The van der Waals surface area contributed by atoms with Crippen LogP contribution >= 0.6 is 0 Å². The van der Waals surface area contributed by atoms with Crippen LogP contribution in [0.5, 0.6) is 0 Å². The van der Waals surface area contributed by atoms with Gasteiger partial charge in [-0.15, -0.1) is 0 Å². The Morgan fingerprint density at radius 1 is 1.06 bits per heavy atom. The van der Waals surface area contributed by atoms with Crippen molar-refractivity contribution >= 4 is 11.6 Å². The molecule has 33 heavy (non-hydrogen) atoms. The highest BCUT2D eigenvalue weighted by atomic mass is 16.5. The molecule has 0 atom stereocenters. The molecule has 0 unspecified atom stereocenters. The summed E-state index contributed by atoms with van der Waals surface area (Å²) in [4.78, 5) is 21.4. The second-order valence-electron chi connectivity index (χ2n) is 9.05. The Balaban J connectivity index is 1.75. The van der Waals surface area contributed by atoms with E-state index in [1.165, 1.54) is 24.8 Å². The molecule has 6 nitrogen and oxygen atoms in total. The lowest BCUT2D eigenvalue weighted by atomic mass is 9.99. The Bertz CT molecular complexity index is 1060. The number of amides is 1. The second-order valence-corrected chi connectivity index (χ2v) is 9.05. The van der Waals surface area contributed by atoms with Gasteiger partial charge in [-0.1, -0.05) is 36.6 Å². The van der Waals surface area contributed by atoms with Gasteiger partial charge in [-0.25, -0.2) is 0 Å². The molecule has 0 saturated heterocycles. The van der Waals surface area contributed by atoms with Gasteiger partial charge in [0.1, 0.15) is 5.76 Å². The van der Waals surface area contributed by atoms with E-state index in [9.17, 15) is 4.79 Å². The van der Waals surface area contributed by atoms with Gasteiger partial charge in [0.05, 0.1) is 5.69 Å². The van der Waals surface area contributed by atoms with Gasteiger partial charge in [0.25, 0.3) is 0 Å². The molecule has 3 aromatic rings. The van der Waals surface area contributed by atoms with E-state index < -0.39 is 0 Å². The maximum absolute atomic E-state index is 12.7. The Hall–Kier alpha value is -2.99. The van der Waals surface area contributed by atoms with Crippen molar-refractivity contribution in [2.24, 2.45) is 0 Å². The zero-order valence-electron chi connectivity index (χ0n) is 20.0. The summed E-state index contributed by atoms with van der Waals surface area (Å²) in [5.41, 5.74) is 6.38. The quantitative estimate of drug-likeness (QED) is 0.518. The summed E-state index contributed by atoms with van der Waals surface area (Å²) in [7, 11) is 0. The van der Waals surface area contributed by atoms with Gasteiger partial charge in [-0.05, 0) is 68.1 Å². The molecule has 0 aliphatic carbocycles. The number of benzene rings is 1. The third-order valence-corrected chi connectivity index (χ3v) is 6.45. The molecule has 1 aromatic carbocycles. The first-order valence-electron chi connectivity index (χ1n) is 12.0. The van der Waals surface area contributed by atoms with Gasteiger partial charge in [0.2, 0.25) is 5.91 Å². The molecule has 0 bridgehead atoms. The fraction of sp³-hybridized carbons (Fsp3) is 0.444. The molecule has 2 aromatic heterocycles. The summed E-state index contributed by atoms with van der Waals surface area (Å²) in [6.45, 7) is 8.98. The van der Waals surface area contributed by atoms with Crippen LogP contribution in [0.15, 0.2) is 47.2 Å². The smallest absolute Gasteiger partial charge is 0.223 e. The van der Waals surface area contributed by atoms with Crippen molar-refractivity contribution in [1.82, 2.24) is 15.0 Å². The minimum atomic E-state index is 0.0946. The number of carbonyl (C=O) groups is 1. The fourth-order valence-electron chi connectivity index (χ4n) is 4.81. The van der Waals surface area contributed by atoms with E-state index in [2.05, 4.69) is 39.3 Å². The first-order chi connectivity index (χ1) is 16.0. The van der Waals surface area contributed by atoms with Gasteiger partial charge in [0, 0.05) is 50.2 Å². The highest BCUT2D eigenvalue weighted by Gasteiger charge is 2.21. The van der Waals surface area contributed by atoms with Crippen LogP contribution in [0.3, 0.4) is 0 Å². The van der Waals surface area contributed by atoms with Gasteiger partial charge >= 0.3 is 0 Å². The lowest BCUT2D eigenvalue weighted by Crippen LogP contribution is -2.32. The summed E-state index contributed by atoms with van der Waals surface area (Å²) in [5, 5.41) is 4.15. The van der Waals surface area contributed by atoms with Crippen LogP contribution < -0.4 is 4.90 Å². The summed E-state index contributed by atoms with van der Waals surface area (Å²) in [6, 6.07) is 10.5. The van der Waals surface area contributed by atoms with E-state index >= 15 is 0 Å². The van der Waals surface area contributed by atoms with E-state index in [4.69, 9.17) is 4.52 Å². The number of fused-ring (bicyclic) bond motifs is 1. The molecule has 1 amide bonds. The predicted octanol–water partition coefficient (Wildman–Crippen LogP) is 5.67. The molecule has 3 heterocycles. The molecular formula is C27H34N4O2. The summed E-state index contributed by atoms with van der Waals surface area (Å²) < 4.78 is 5.43. The number of aromatic nitrogens is 2. The molecule has 0 spiro atoms. The maximum Gasteiger partial charge on any atom is 0.223 e. The summed E-state index contributed by atoms with van der Waals surface area (Å²) >= 11 is 0. The number of aryl methyl sites for hydroxylation is 2. The van der Waals surface area contributed by atoms with Crippen molar-refractivity contribution < 1.29 is 9.32 Å². The normalized spacial score (nSPS) is 16.0. The van der Waals surface area contributed by atoms with Crippen molar-refractivity contribution in [3.05, 3.63) is 65.3 Å². The molecular weight excluding hydrogens is 412 g/mol. The molecule has 0 fully saturated rings. The van der Waals surface area contributed by atoms with Crippen LogP contribution in [0.2, 0.25) is 0 Å². The van der Waals surface area contributed by atoms with E-state index in [-0.39, 0.29) is 5.91 Å². The lowest BCUT2D eigenvalue weighted by Gasteiger charge is -2.29. The van der Waals surface area contributed by atoms with E-state index in [0.29, 0.717) is 0 Å². The van der Waals surface area contributed by atoms with Gasteiger partial charge in [-0.2, -0.15) is 0 Å². The van der Waals surface area contributed by atoms with E-state index in [0.717, 1.165) is 72.9 Å². The van der Waals surface area contributed by atoms with Gasteiger partial charge < -0.3 is 9.42 Å². The van der Waals surface area contributed by atoms with Crippen LogP contribution in [-0.2, 0) is 17.9 Å². The number of hydrogen-bond acceptors (Lipinski definition) is 5. The standard InChI is InChI=1S/C27H34N4O2/c1-20-27(21(2)33-29-20)24-11-12-26-25(16-24)19-30(18-23-10-9-13-28-17-23)14-7-5-4-6-8-15-31(26)22(3)32/h9-13,16-17H,4-8,14-15,18-19H2,1-3H3. The molecule has 174 valence electrons. The topological polar surface area (TPSA) is 62.5 Å². The average Bonchev–Trinajstić information content (AvgIpc) is 3.13. The zero-order chi connectivity index (χ0) is 23.2. The first kappa shape index (κ1) is 23.2. The SMILES string of the molecule is CC(=O)N1CCCCCCCN(Cc2cccnc2)Cc2cc(-c3c(C)noc3C)ccc21. The van der Waals surface area contributed by atoms with Crippen molar-refractivity contribution in [3.8, 4) is 11.1 Å². The number of carbonyl (C=O) groups excluding carboxylic acids is 1. The van der Waals surface area contributed by atoms with Crippen LogP contribution in [0.1, 0.15) is 61.6 Å². The van der Waals surface area contributed by atoms with Crippen molar-refractivity contribution in [2.75, 3.05) is 18.0 Å². The highest BCUT2D eigenvalue weighted by Crippen LogP contribution is 2.33. The molecule has 6 heteroatoms. The van der Waals surface area contributed by atoms with Crippen LogP contribution in [-0.4, -0.2) is 34.0 Å². The number of anilines is 1. The Labute approximate surface area is 196 Å². The zero-order valence-corrected chi connectivity index (χ0v) is 20.0. The second kappa shape index (κ2) is 10.8. The third kappa shape index (κ3) is 5.69. The molecule has 1 aliphatic heterocycles. The molecule has 0 N–H and O–H groups in total.